The molecule has 0 saturated carbocycles. The van der Waals surface area contributed by atoms with Crippen LogP contribution in [-0.2, 0) is 9.53 Å². The van der Waals surface area contributed by atoms with E-state index in [4.69, 9.17) is 10.5 Å². The Morgan fingerprint density at radius 3 is 2.71 bits per heavy atom. The standard InChI is InChI=1S/C12H20N2O2S/c1-8-9(2)17-12(11(13)15)14(8)7-10-3-5-16-6-4-10/h10,12H,3-7H2,1-2H3,(H2,13,15). The molecule has 1 atom stereocenters. The van der Waals surface area contributed by atoms with Gasteiger partial charge in [0, 0.05) is 30.4 Å². The maximum Gasteiger partial charge on any atom is 0.250 e. The molecule has 2 aliphatic heterocycles. The van der Waals surface area contributed by atoms with Gasteiger partial charge in [0.25, 0.3) is 5.91 Å². The molecule has 1 saturated heterocycles. The van der Waals surface area contributed by atoms with Crippen LogP contribution >= 0.6 is 11.8 Å². The SMILES string of the molecule is CC1=C(C)N(CC2CCOCC2)C(C(N)=O)S1. The maximum absolute atomic E-state index is 11.5. The van der Waals surface area contributed by atoms with Gasteiger partial charge in [0.2, 0.25) is 0 Å². The molecule has 0 spiro atoms. The van der Waals surface area contributed by atoms with Crippen molar-refractivity contribution < 1.29 is 9.53 Å². The minimum atomic E-state index is -0.238. The van der Waals surface area contributed by atoms with Crippen molar-refractivity contribution in [3.05, 3.63) is 10.6 Å². The number of hydrogen-bond donors (Lipinski definition) is 1. The van der Waals surface area contributed by atoms with Crippen LogP contribution in [-0.4, -0.2) is 35.9 Å². The van der Waals surface area contributed by atoms with Crippen LogP contribution in [0.25, 0.3) is 0 Å². The van der Waals surface area contributed by atoms with E-state index in [9.17, 15) is 4.79 Å². The van der Waals surface area contributed by atoms with Gasteiger partial charge in [0.1, 0.15) is 0 Å². The molecule has 0 aliphatic carbocycles. The number of carbonyl (C=O) groups is 1. The number of amides is 1. The number of ether oxygens (including phenoxy) is 1. The Hall–Kier alpha value is -0.680. The van der Waals surface area contributed by atoms with Crippen LogP contribution in [0.4, 0.5) is 0 Å². The molecule has 17 heavy (non-hydrogen) atoms. The minimum absolute atomic E-state index is 0.210. The molecule has 2 rings (SSSR count). The summed E-state index contributed by atoms with van der Waals surface area (Å²) in [5.74, 6) is 0.380. The average Bonchev–Trinajstić information content (AvgIpc) is 2.59. The number of carbonyl (C=O) groups excluding carboxylic acids is 1. The quantitative estimate of drug-likeness (QED) is 0.832. The molecule has 2 heterocycles. The molecule has 1 fully saturated rings. The molecule has 96 valence electrons. The molecular formula is C12H20N2O2S. The number of allylic oxidation sites excluding steroid dienone is 2. The largest absolute Gasteiger partial charge is 0.381 e. The highest BCUT2D eigenvalue weighted by atomic mass is 32.2. The van der Waals surface area contributed by atoms with Gasteiger partial charge in [-0.15, -0.1) is 0 Å². The molecule has 5 heteroatoms. The third kappa shape index (κ3) is 2.77. The first-order chi connectivity index (χ1) is 8.09. The van der Waals surface area contributed by atoms with Crippen LogP contribution in [0.5, 0.6) is 0 Å². The molecule has 2 N–H and O–H groups in total. The van der Waals surface area contributed by atoms with Crippen molar-refractivity contribution in [2.24, 2.45) is 11.7 Å². The lowest BCUT2D eigenvalue weighted by Crippen LogP contribution is -2.41. The second-order valence-corrected chi connectivity index (χ2v) is 6.02. The first kappa shape index (κ1) is 12.8. The van der Waals surface area contributed by atoms with E-state index < -0.39 is 0 Å². The van der Waals surface area contributed by atoms with E-state index in [-0.39, 0.29) is 11.3 Å². The summed E-state index contributed by atoms with van der Waals surface area (Å²) >= 11 is 1.58. The monoisotopic (exact) mass is 256 g/mol. The summed E-state index contributed by atoms with van der Waals surface area (Å²) in [5, 5.41) is -0.210. The zero-order valence-corrected chi connectivity index (χ0v) is 11.3. The first-order valence-corrected chi connectivity index (χ1v) is 6.95. The van der Waals surface area contributed by atoms with Gasteiger partial charge in [0.05, 0.1) is 0 Å². The Bertz CT molecular complexity index is 337. The van der Waals surface area contributed by atoms with E-state index >= 15 is 0 Å². The van der Waals surface area contributed by atoms with Gasteiger partial charge in [-0.3, -0.25) is 4.79 Å². The zero-order valence-electron chi connectivity index (χ0n) is 10.4. The Labute approximate surface area is 107 Å². The number of nitrogens with two attached hydrogens (primary N) is 1. The van der Waals surface area contributed by atoms with Crippen molar-refractivity contribution in [3.63, 3.8) is 0 Å². The van der Waals surface area contributed by atoms with Gasteiger partial charge in [-0.2, -0.15) is 0 Å². The third-order valence-electron chi connectivity index (χ3n) is 3.55. The van der Waals surface area contributed by atoms with Crippen molar-refractivity contribution in [1.29, 1.82) is 0 Å². The summed E-state index contributed by atoms with van der Waals surface area (Å²) in [5.41, 5.74) is 6.66. The third-order valence-corrected chi connectivity index (χ3v) is 4.91. The number of rotatable bonds is 3. The molecule has 1 unspecified atom stereocenters. The lowest BCUT2D eigenvalue weighted by Gasteiger charge is -2.31. The fourth-order valence-corrected chi connectivity index (χ4v) is 3.46. The van der Waals surface area contributed by atoms with E-state index in [2.05, 4.69) is 18.7 Å². The van der Waals surface area contributed by atoms with Crippen LogP contribution < -0.4 is 5.73 Å². The normalized spacial score (nSPS) is 26.7. The number of thioether (sulfide) groups is 1. The van der Waals surface area contributed by atoms with Crippen LogP contribution in [0.3, 0.4) is 0 Å². The Balaban J connectivity index is 2.03. The maximum atomic E-state index is 11.5. The fraction of sp³-hybridized carbons (Fsp3) is 0.750. The average molecular weight is 256 g/mol. The van der Waals surface area contributed by atoms with E-state index in [0.29, 0.717) is 5.92 Å². The van der Waals surface area contributed by atoms with Gasteiger partial charge < -0.3 is 15.4 Å². The minimum Gasteiger partial charge on any atom is -0.381 e. The van der Waals surface area contributed by atoms with Crippen LogP contribution in [0.15, 0.2) is 10.6 Å². The van der Waals surface area contributed by atoms with Crippen LogP contribution in [0.2, 0.25) is 0 Å². The summed E-state index contributed by atoms with van der Waals surface area (Å²) in [4.78, 5) is 14.8. The fourth-order valence-electron chi connectivity index (χ4n) is 2.35. The van der Waals surface area contributed by atoms with Crippen molar-refractivity contribution in [2.45, 2.75) is 32.1 Å². The lowest BCUT2D eigenvalue weighted by molar-refractivity contribution is -0.119. The topological polar surface area (TPSA) is 55.6 Å². The number of nitrogens with zero attached hydrogens (tertiary/aromatic N) is 1. The molecule has 0 aromatic carbocycles. The molecule has 1 amide bonds. The van der Waals surface area contributed by atoms with Crippen LogP contribution in [0.1, 0.15) is 26.7 Å². The smallest absolute Gasteiger partial charge is 0.250 e. The molecular weight excluding hydrogens is 236 g/mol. The second kappa shape index (κ2) is 5.31. The highest BCUT2D eigenvalue weighted by Crippen LogP contribution is 2.38. The summed E-state index contributed by atoms with van der Waals surface area (Å²) < 4.78 is 5.36. The van der Waals surface area contributed by atoms with Crippen LogP contribution in [0, 0.1) is 5.92 Å². The number of hydrogen-bond acceptors (Lipinski definition) is 4. The summed E-state index contributed by atoms with van der Waals surface area (Å²) in [6.07, 6.45) is 2.16. The molecule has 0 radical (unpaired) electrons. The van der Waals surface area contributed by atoms with E-state index in [0.717, 1.165) is 32.6 Å². The van der Waals surface area contributed by atoms with Gasteiger partial charge >= 0.3 is 0 Å². The van der Waals surface area contributed by atoms with E-state index in [1.54, 1.807) is 11.8 Å². The summed E-state index contributed by atoms with van der Waals surface area (Å²) in [6.45, 7) is 6.74. The number of primary amides is 1. The first-order valence-electron chi connectivity index (χ1n) is 6.07. The van der Waals surface area contributed by atoms with Gasteiger partial charge in [0.15, 0.2) is 5.37 Å². The Kier molecular flexibility index (Phi) is 3.99. The Morgan fingerprint density at radius 2 is 2.12 bits per heavy atom. The summed E-state index contributed by atoms with van der Waals surface area (Å²) in [6, 6.07) is 0. The predicted molar refractivity (Wildman–Crippen MR) is 69.2 cm³/mol. The van der Waals surface area contributed by atoms with Gasteiger partial charge in [-0.1, -0.05) is 11.8 Å². The molecule has 2 aliphatic rings. The molecule has 0 aromatic rings. The highest BCUT2D eigenvalue weighted by Gasteiger charge is 2.33. The van der Waals surface area contributed by atoms with Gasteiger partial charge in [-0.25, -0.2) is 0 Å². The van der Waals surface area contributed by atoms with Crippen molar-refractivity contribution >= 4 is 17.7 Å². The molecule has 0 aromatic heterocycles. The Morgan fingerprint density at radius 1 is 1.47 bits per heavy atom. The molecule has 4 nitrogen and oxygen atoms in total. The lowest BCUT2D eigenvalue weighted by atomic mass is 9.99. The second-order valence-electron chi connectivity index (χ2n) is 4.72. The van der Waals surface area contributed by atoms with Gasteiger partial charge in [-0.05, 0) is 32.6 Å². The van der Waals surface area contributed by atoms with Crippen molar-refractivity contribution in [3.8, 4) is 0 Å². The zero-order chi connectivity index (χ0) is 12.4. The summed E-state index contributed by atoms with van der Waals surface area (Å²) in [7, 11) is 0. The van der Waals surface area contributed by atoms with Crippen molar-refractivity contribution in [2.75, 3.05) is 19.8 Å². The highest BCUT2D eigenvalue weighted by molar-refractivity contribution is 8.04. The van der Waals surface area contributed by atoms with E-state index in [1.165, 1.54) is 10.6 Å². The predicted octanol–water partition coefficient (Wildman–Crippen LogP) is 1.52. The van der Waals surface area contributed by atoms with Crippen molar-refractivity contribution in [1.82, 2.24) is 4.90 Å². The molecule has 0 bridgehead atoms. The van der Waals surface area contributed by atoms with E-state index in [1.807, 2.05) is 0 Å².